The second kappa shape index (κ2) is 5.06. The Labute approximate surface area is 107 Å². The molecule has 3 N–H and O–H groups in total. The molecule has 1 aliphatic rings. The molecule has 0 heterocycles. The van der Waals surface area contributed by atoms with Crippen molar-refractivity contribution in [2.75, 3.05) is 11.9 Å². The SMILES string of the molecule is Cc1c(F)cccc1NC(=O)C1(CN)CCCC1. The van der Waals surface area contributed by atoms with E-state index < -0.39 is 5.41 Å². The highest BCUT2D eigenvalue weighted by Gasteiger charge is 2.39. The molecule has 1 saturated carbocycles. The molecule has 0 atom stereocenters. The average Bonchev–Trinajstić information content (AvgIpc) is 2.85. The molecule has 18 heavy (non-hydrogen) atoms. The van der Waals surface area contributed by atoms with Crippen LogP contribution in [-0.2, 0) is 4.79 Å². The van der Waals surface area contributed by atoms with Gasteiger partial charge in [0.2, 0.25) is 5.91 Å². The first-order valence-electron chi connectivity index (χ1n) is 6.36. The highest BCUT2D eigenvalue weighted by molar-refractivity contribution is 5.96. The Morgan fingerprint density at radius 3 is 2.72 bits per heavy atom. The highest BCUT2D eigenvalue weighted by atomic mass is 19.1. The van der Waals surface area contributed by atoms with Gasteiger partial charge in [0, 0.05) is 17.8 Å². The molecule has 1 aliphatic carbocycles. The topological polar surface area (TPSA) is 55.1 Å². The van der Waals surface area contributed by atoms with E-state index in [1.807, 2.05) is 0 Å². The standard InChI is InChI=1S/C14H19FN2O/c1-10-11(15)5-4-6-12(10)17-13(18)14(9-16)7-2-3-8-14/h4-6H,2-3,7-9,16H2,1H3,(H,17,18). The van der Waals surface area contributed by atoms with Gasteiger partial charge < -0.3 is 11.1 Å². The number of anilines is 1. The van der Waals surface area contributed by atoms with Crippen LogP contribution in [0.2, 0.25) is 0 Å². The van der Waals surface area contributed by atoms with Crippen molar-refractivity contribution in [2.24, 2.45) is 11.1 Å². The molecule has 0 unspecified atom stereocenters. The number of nitrogens with one attached hydrogen (secondary N) is 1. The predicted molar refractivity (Wildman–Crippen MR) is 69.7 cm³/mol. The third-order valence-corrected chi connectivity index (χ3v) is 3.95. The molecule has 1 aromatic carbocycles. The number of hydrogen-bond acceptors (Lipinski definition) is 2. The van der Waals surface area contributed by atoms with E-state index in [4.69, 9.17) is 5.73 Å². The van der Waals surface area contributed by atoms with E-state index in [9.17, 15) is 9.18 Å². The second-order valence-electron chi connectivity index (χ2n) is 5.06. The van der Waals surface area contributed by atoms with E-state index in [0.717, 1.165) is 25.7 Å². The molecule has 0 radical (unpaired) electrons. The van der Waals surface area contributed by atoms with Gasteiger partial charge in [-0.05, 0) is 31.9 Å². The average molecular weight is 250 g/mol. The van der Waals surface area contributed by atoms with Gasteiger partial charge in [0.1, 0.15) is 5.82 Å². The smallest absolute Gasteiger partial charge is 0.231 e. The fraction of sp³-hybridized carbons (Fsp3) is 0.500. The van der Waals surface area contributed by atoms with Gasteiger partial charge in [0.25, 0.3) is 0 Å². The van der Waals surface area contributed by atoms with Crippen molar-refractivity contribution in [1.82, 2.24) is 0 Å². The van der Waals surface area contributed by atoms with E-state index >= 15 is 0 Å². The van der Waals surface area contributed by atoms with Crippen molar-refractivity contribution >= 4 is 11.6 Å². The molecule has 3 nitrogen and oxygen atoms in total. The zero-order chi connectivity index (χ0) is 13.2. The number of carbonyl (C=O) groups is 1. The van der Waals surface area contributed by atoms with Crippen molar-refractivity contribution in [3.8, 4) is 0 Å². The molecule has 98 valence electrons. The molecule has 0 saturated heterocycles. The number of hydrogen-bond donors (Lipinski definition) is 2. The minimum Gasteiger partial charge on any atom is -0.329 e. The fourth-order valence-corrected chi connectivity index (χ4v) is 2.57. The lowest BCUT2D eigenvalue weighted by atomic mass is 9.85. The predicted octanol–water partition coefficient (Wildman–Crippen LogP) is 2.59. The van der Waals surface area contributed by atoms with Gasteiger partial charge >= 0.3 is 0 Å². The van der Waals surface area contributed by atoms with E-state index in [-0.39, 0.29) is 11.7 Å². The zero-order valence-corrected chi connectivity index (χ0v) is 10.6. The lowest BCUT2D eigenvalue weighted by Crippen LogP contribution is -2.40. The summed E-state index contributed by atoms with van der Waals surface area (Å²) in [6.07, 6.45) is 3.72. The number of carbonyl (C=O) groups excluding carboxylic acids is 1. The maximum absolute atomic E-state index is 13.4. The summed E-state index contributed by atoms with van der Waals surface area (Å²) in [5.41, 5.74) is 6.31. The minimum absolute atomic E-state index is 0.0730. The van der Waals surface area contributed by atoms with Crippen molar-refractivity contribution < 1.29 is 9.18 Å². The van der Waals surface area contributed by atoms with Crippen LogP contribution in [-0.4, -0.2) is 12.5 Å². The number of halogens is 1. The molecule has 1 fully saturated rings. The number of nitrogens with two attached hydrogens (primary N) is 1. The molecule has 1 aromatic rings. The van der Waals surface area contributed by atoms with Crippen LogP contribution in [0, 0.1) is 18.2 Å². The van der Waals surface area contributed by atoms with Gasteiger partial charge in [-0.15, -0.1) is 0 Å². The molecular formula is C14H19FN2O. The summed E-state index contributed by atoms with van der Waals surface area (Å²) >= 11 is 0. The van der Waals surface area contributed by atoms with Crippen LogP contribution >= 0.6 is 0 Å². The van der Waals surface area contributed by atoms with Crippen LogP contribution in [0.25, 0.3) is 0 Å². The Bertz CT molecular complexity index is 453. The summed E-state index contributed by atoms with van der Waals surface area (Å²) in [6, 6.07) is 4.70. The van der Waals surface area contributed by atoms with Crippen molar-refractivity contribution in [2.45, 2.75) is 32.6 Å². The monoisotopic (exact) mass is 250 g/mol. The summed E-state index contributed by atoms with van der Waals surface area (Å²) in [6.45, 7) is 2.02. The van der Waals surface area contributed by atoms with Gasteiger partial charge in [0.05, 0.1) is 5.41 Å². The quantitative estimate of drug-likeness (QED) is 0.866. The van der Waals surface area contributed by atoms with Gasteiger partial charge in [-0.2, -0.15) is 0 Å². The Balaban J connectivity index is 2.18. The summed E-state index contributed by atoms with van der Waals surface area (Å²) in [5.74, 6) is -0.378. The third-order valence-electron chi connectivity index (χ3n) is 3.95. The van der Waals surface area contributed by atoms with Crippen LogP contribution in [0.15, 0.2) is 18.2 Å². The molecule has 0 spiro atoms. The molecule has 0 aromatic heterocycles. The summed E-state index contributed by atoms with van der Waals surface area (Å²) in [5, 5.41) is 2.83. The molecule has 2 rings (SSSR count). The van der Waals surface area contributed by atoms with Gasteiger partial charge in [-0.1, -0.05) is 18.9 Å². The number of amides is 1. The number of rotatable bonds is 3. The van der Waals surface area contributed by atoms with Crippen molar-refractivity contribution in [3.63, 3.8) is 0 Å². The minimum atomic E-state index is -0.460. The van der Waals surface area contributed by atoms with E-state index in [1.54, 1.807) is 19.1 Å². The van der Waals surface area contributed by atoms with Crippen LogP contribution < -0.4 is 11.1 Å². The van der Waals surface area contributed by atoms with E-state index in [0.29, 0.717) is 17.8 Å². The Kier molecular flexibility index (Phi) is 3.66. The lowest BCUT2D eigenvalue weighted by molar-refractivity contribution is -0.124. The molecular weight excluding hydrogens is 231 g/mol. The second-order valence-corrected chi connectivity index (χ2v) is 5.06. The maximum Gasteiger partial charge on any atom is 0.231 e. The Morgan fingerprint density at radius 2 is 2.11 bits per heavy atom. The Morgan fingerprint density at radius 1 is 1.44 bits per heavy atom. The first-order valence-corrected chi connectivity index (χ1v) is 6.36. The molecule has 0 aliphatic heterocycles. The summed E-state index contributed by atoms with van der Waals surface area (Å²) < 4.78 is 13.4. The van der Waals surface area contributed by atoms with Crippen LogP contribution in [0.1, 0.15) is 31.2 Å². The van der Waals surface area contributed by atoms with Crippen LogP contribution in [0.4, 0.5) is 10.1 Å². The summed E-state index contributed by atoms with van der Waals surface area (Å²) in [4.78, 5) is 12.3. The molecule has 1 amide bonds. The van der Waals surface area contributed by atoms with Crippen LogP contribution in [0.3, 0.4) is 0 Å². The largest absolute Gasteiger partial charge is 0.329 e. The maximum atomic E-state index is 13.4. The van der Waals surface area contributed by atoms with E-state index in [1.165, 1.54) is 6.07 Å². The normalized spacial score (nSPS) is 17.7. The highest BCUT2D eigenvalue weighted by Crippen LogP contribution is 2.38. The summed E-state index contributed by atoms with van der Waals surface area (Å²) in [7, 11) is 0. The zero-order valence-electron chi connectivity index (χ0n) is 10.6. The third kappa shape index (κ3) is 2.25. The van der Waals surface area contributed by atoms with Crippen LogP contribution in [0.5, 0.6) is 0 Å². The van der Waals surface area contributed by atoms with Gasteiger partial charge in [-0.3, -0.25) is 4.79 Å². The lowest BCUT2D eigenvalue weighted by Gasteiger charge is -2.26. The Hall–Kier alpha value is -1.42. The van der Waals surface area contributed by atoms with Crippen molar-refractivity contribution in [1.29, 1.82) is 0 Å². The fourth-order valence-electron chi connectivity index (χ4n) is 2.57. The van der Waals surface area contributed by atoms with Gasteiger partial charge in [0.15, 0.2) is 0 Å². The molecule has 0 bridgehead atoms. The first kappa shape index (κ1) is 13.0. The van der Waals surface area contributed by atoms with E-state index in [2.05, 4.69) is 5.32 Å². The van der Waals surface area contributed by atoms with Crippen molar-refractivity contribution in [3.05, 3.63) is 29.6 Å². The van der Waals surface area contributed by atoms with Gasteiger partial charge in [-0.25, -0.2) is 4.39 Å². The number of benzene rings is 1. The molecule has 4 heteroatoms. The first-order chi connectivity index (χ1) is 8.59.